The van der Waals surface area contributed by atoms with Gasteiger partial charge in [0, 0.05) is 24.6 Å². The van der Waals surface area contributed by atoms with E-state index >= 15 is 0 Å². The molecule has 1 aromatic heterocycles. The first-order valence-corrected chi connectivity index (χ1v) is 11.9. The number of halogens is 1. The fourth-order valence-corrected chi connectivity index (χ4v) is 4.21. The third kappa shape index (κ3) is 5.08. The molecule has 10 nitrogen and oxygen atoms in total. The number of hydrogen-bond donors (Lipinski definition) is 3. The van der Waals surface area contributed by atoms with Crippen molar-refractivity contribution in [3.8, 4) is 11.5 Å². The Kier molecular flexibility index (Phi) is 6.30. The average Bonchev–Trinajstić information content (AvgIpc) is 2.60. The minimum atomic E-state index is -3.98. The number of nitrogens with one attached hydrogen (secondary N) is 2. The first-order chi connectivity index (χ1) is 13.3. The predicted molar refractivity (Wildman–Crippen MR) is 104 cm³/mol. The Bertz CT molecular complexity index is 1250. The quantitative estimate of drug-likeness (QED) is 0.556. The van der Waals surface area contributed by atoms with Crippen molar-refractivity contribution < 1.29 is 31.5 Å². The first kappa shape index (κ1) is 22.7. The van der Waals surface area contributed by atoms with Gasteiger partial charge in [-0.1, -0.05) is 11.6 Å². The van der Waals surface area contributed by atoms with Gasteiger partial charge < -0.3 is 20.1 Å². The number of aromatic hydroxyl groups is 1. The van der Waals surface area contributed by atoms with Gasteiger partial charge in [0.2, 0.25) is 0 Å². The summed E-state index contributed by atoms with van der Waals surface area (Å²) in [7, 11) is -6.60. The molecule has 2 rings (SSSR count). The van der Waals surface area contributed by atoms with Gasteiger partial charge in [0.05, 0.1) is 22.6 Å². The number of hydrogen-bond acceptors (Lipinski definition) is 8. The molecule has 0 aliphatic heterocycles. The first-order valence-electron chi connectivity index (χ1n) is 7.76. The molecule has 0 radical (unpaired) electrons. The summed E-state index contributed by atoms with van der Waals surface area (Å²) >= 11 is 5.83. The molecular weight excluding hydrogens is 448 g/mol. The maximum absolute atomic E-state index is 12.4. The lowest BCUT2D eigenvalue weighted by atomic mass is 10.1. The fourth-order valence-electron chi connectivity index (χ4n) is 2.37. The SMILES string of the molecule is COc1cc(C(=O)NCc2c(S(C)(=O)=O)cc(S(C)(=O)=O)[nH]c2=O)cc(Cl)c1O. The highest BCUT2D eigenvalue weighted by Crippen LogP contribution is 2.34. The number of rotatable bonds is 6. The van der Waals surface area contributed by atoms with Crippen molar-refractivity contribution in [2.24, 2.45) is 0 Å². The van der Waals surface area contributed by atoms with Crippen molar-refractivity contribution in [1.82, 2.24) is 10.3 Å². The van der Waals surface area contributed by atoms with E-state index in [-0.39, 0.29) is 27.6 Å². The molecule has 1 aromatic carbocycles. The molecule has 0 aliphatic carbocycles. The number of sulfone groups is 2. The van der Waals surface area contributed by atoms with Gasteiger partial charge in [0.15, 0.2) is 31.2 Å². The molecule has 0 atom stereocenters. The molecular formula is C16H17ClN2O8S2. The van der Waals surface area contributed by atoms with Crippen molar-refractivity contribution in [2.45, 2.75) is 16.5 Å². The van der Waals surface area contributed by atoms with Crippen LogP contribution >= 0.6 is 11.6 Å². The molecule has 0 bridgehead atoms. The molecule has 158 valence electrons. The maximum atomic E-state index is 12.4. The summed E-state index contributed by atoms with van der Waals surface area (Å²) in [6.07, 6.45) is 1.62. The van der Waals surface area contributed by atoms with E-state index in [0.29, 0.717) is 0 Å². The van der Waals surface area contributed by atoms with Gasteiger partial charge in [0.25, 0.3) is 11.5 Å². The summed E-state index contributed by atoms with van der Waals surface area (Å²) in [5, 5.41) is 11.4. The van der Waals surface area contributed by atoms with Crippen LogP contribution in [0.3, 0.4) is 0 Å². The van der Waals surface area contributed by atoms with E-state index in [9.17, 15) is 31.5 Å². The van der Waals surface area contributed by atoms with E-state index in [1.807, 2.05) is 0 Å². The highest BCUT2D eigenvalue weighted by atomic mass is 35.5. The predicted octanol–water partition coefficient (Wildman–Crippen LogP) is 0.480. The Balaban J connectivity index is 2.44. The van der Waals surface area contributed by atoms with Gasteiger partial charge in [0.1, 0.15) is 5.03 Å². The van der Waals surface area contributed by atoms with Crippen LogP contribution in [0, 0.1) is 0 Å². The molecule has 3 N–H and O–H groups in total. The minimum absolute atomic E-state index is 0.0188. The zero-order valence-corrected chi connectivity index (χ0v) is 17.8. The van der Waals surface area contributed by atoms with Crippen molar-refractivity contribution in [2.75, 3.05) is 19.6 Å². The van der Waals surface area contributed by atoms with Gasteiger partial charge in [-0.25, -0.2) is 16.8 Å². The Hall–Kier alpha value is -2.57. The van der Waals surface area contributed by atoms with Crippen LogP contribution in [-0.2, 0) is 26.2 Å². The van der Waals surface area contributed by atoms with E-state index < -0.39 is 47.6 Å². The third-order valence-electron chi connectivity index (χ3n) is 3.81. The Morgan fingerprint density at radius 2 is 1.79 bits per heavy atom. The molecule has 0 fully saturated rings. The molecule has 1 heterocycles. The van der Waals surface area contributed by atoms with Crippen LogP contribution in [0.2, 0.25) is 5.02 Å². The number of benzene rings is 1. The van der Waals surface area contributed by atoms with Gasteiger partial charge in [-0.05, 0) is 18.2 Å². The van der Waals surface area contributed by atoms with Gasteiger partial charge in [-0.2, -0.15) is 0 Å². The zero-order chi connectivity index (χ0) is 22.1. The number of amides is 1. The van der Waals surface area contributed by atoms with E-state index in [1.54, 1.807) is 0 Å². The van der Waals surface area contributed by atoms with E-state index in [2.05, 4.69) is 10.3 Å². The second kappa shape index (κ2) is 8.05. The van der Waals surface area contributed by atoms with Crippen LogP contribution in [0.25, 0.3) is 0 Å². The topological polar surface area (TPSA) is 160 Å². The number of phenols is 1. The van der Waals surface area contributed by atoms with E-state index in [4.69, 9.17) is 16.3 Å². The Labute approximate surface area is 171 Å². The average molecular weight is 465 g/mol. The number of ether oxygens (including phenoxy) is 1. The smallest absolute Gasteiger partial charge is 0.255 e. The number of carbonyl (C=O) groups excluding carboxylic acids is 1. The molecule has 0 saturated heterocycles. The number of aromatic nitrogens is 1. The van der Waals surface area contributed by atoms with Gasteiger partial charge in [-0.3, -0.25) is 9.59 Å². The van der Waals surface area contributed by atoms with Crippen LogP contribution in [0.5, 0.6) is 11.5 Å². The minimum Gasteiger partial charge on any atom is -0.503 e. The fraction of sp³-hybridized carbons (Fsp3) is 0.250. The monoisotopic (exact) mass is 464 g/mol. The normalized spacial score (nSPS) is 11.9. The Morgan fingerprint density at radius 1 is 1.17 bits per heavy atom. The third-order valence-corrected chi connectivity index (χ3v) is 6.28. The second-order valence-electron chi connectivity index (χ2n) is 6.04. The van der Waals surface area contributed by atoms with E-state index in [0.717, 1.165) is 24.6 Å². The van der Waals surface area contributed by atoms with Crippen LogP contribution < -0.4 is 15.6 Å². The van der Waals surface area contributed by atoms with Crippen molar-refractivity contribution in [3.05, 3.63) is 44.7 Å². The van der Waals surface area contributed by atoms with Crippen molar-refractivity contribution in [1.29, 1.82) is 0 Å². The van der Waals surface area contributed by atoms with Crippen LogP contribution in [0.4, 0.5) is 0 Å². The highest BCUT2D eigenvalue weighted by Gasteiger charge is 2.22. The van der Waals surface area contributed by atoms with Crippen molar-refractivity contribution in [3.63, 3.8) is 0 Å². The van der Waals surface area contributed by atoms with Crippen molar-refractivity contribution >= 4 is 37.2 Å². The van der Waals surface area contributed by atoms with Gasteiger partial charge in [-0.15, -0.1) is 0 Å². The molecule has 0 aliphatic rings. The lowest BCUT2D eigenvalue weighted by Crippen LogP contribution is -2.29. The highest BCUT2D eigenvalue weighted by molar-refractivity contribution is 7.91. The molecule has 0 unspecified atom stereocenters. The summed E-state index contributed by atoms with van der Waals surface area (Å²) in [5.74, 6) is -1.16. The number of pyridine rings is 1. The maximum Gasteiger partial charge on any atom is 0.255 e. The number of H-pyrrole nitrogens is 1. The molecule has 0 spiro atoms. The van der Waals surface area contributed by atoms with Gasteiger partial charge >= 0.3 is 0 Å². The Morgan fingerprint density at radius 3 is 2.31 bits per heavy atom. The number of carbonyl (C=O) groups is 1. The van der Waals surface area contributed by atoms with Crippen LogP contribution in [0.1, 0.15) is 15.9 Å². The lowest BCUT2D eigenvalue weighted by Gasteiger charge is -2.12. The largest absolute Gasteiger partial charge is 0.503 e. The molecule has 0 saturated carbocycles. The zero-order valence-electron chi connectivity index (χ0n) is 15.4. The second-order valence-corrected chi connectivity index (χ2v) is 10.4. The summed E-state index contributed by atoms with van der Waals surface area (Å²) in [6.45, 7) is -0.512. The standard InChI is InChI=1S/C16H17ClN2O8S2/c1-27-11-5-8(4-10(17)14(11)20)15(21)18-7-9-12(28(2,23)24)6-13(19-16(9)22)29(3,25)26/h4-6,20H,7H2,1-3H3,(H,18,21)(H,19,22). The number of phenolic OH excluding ortho intramolecular Hbond substituents is 1. The summed E-state index contributed by atoms with van der Waals surface area (Å²) < 4.78 is 52.3. The van der Waals surface area contributed by atoms with Crippen LogP contribution in [-0.4, -0.2) is 52.5 Å². The summed E-state index contributed by atoms with van der Waals surface area (Å²) in [6, 6.07) is 3.18. The molecule has 1 amide bonds. The van der Waals surface area contributed by atoms with Crippen LogP contribution in [0.15, 0.2) is 32.9 Å². The lowest BCUT2D eigenvalue weighted by molar-refractivity contribution is 0.0950. The number of aromatic amines is 1. The molecule has 13 heteroatoms. The molecule has 29 heavy (non-hydrogen) atoms. The summed E-state index contributed by atoms with van der Waals surface area (Å²) in [5.41, 5.74) is -1.34. The summed E-state index contributed by atoms with van der Waals surface area (Å²) in [4.78, 5) is 26.2. The number of methoxy groups -OCH3 is 1. The molecule has 2 aromatic rings. The van der Waals surface area contributed by atoms with E-state index in [1.165, 1.54) is 13.2 Å².